The summed E-state index contributed by atoms with van der Waals surface area (Å²) in [6.07, 6.45) is 3.20. The minimum atomic E-state index is -0.914. The van der Waals surface area contributed by atoms with E-state index in [0.29, 0.717) is 18.2 Å². The summed E-state index contributed by atoms with van der Waals surface area (Å²) in [7, 11) is 0. The third-order valence-electron chi connectivity index (χ3n) is 4.13. The van der Waals surface area contributed by atoms with Crippen molar-refractivity contribution in [3.8, 4) is 0 Å². The molecule has 0 aliphatic carbocycles. The van der Waals surface area contributed by atoms with Gasteiger partial charge in [-0.2, -0.15) is 5.10 Å². The van der Waals surface area contributed by atoms with Crippen LogP contribution in [0.1, 0.15) is 27.7 Å². The van der Waals surface area contributed by atoms with Crippen LogP contribution in [-0.4, -0.2) is 41.4 Å². The summed E-state index contributed by atoms with van der Waals surface area (Å²) in [5.41, 5.74) is -0.329. The molecular weight excluding hydrogens is 320 g/mol. The van der Waals surface area contributed by atoms with E-state index in [0.717, 1.165) is 13.1 Å². The van der Waals surface area contributed by atoms with Gasteiger partial charge in [0.25, 0.3) is 0 Å². The van der Waals surface area contributed by atoms with Crippen molar-refractivity contribution in [2.75, 3.05) is 25.0 Å². The first-order valence-electron chi connectivity index (χ1n) is 7.60. The molecule has 2 rings (SSSR count). The second kappa shape index (κ2) is 7.79. The van der Waals surface area contributed by atoms with Crippen molar-refractivity contribution in [2.24, 2.45) is 11.8 Å². The van der Waals surface area contributed by atoms with Crippen LogP contribution >= 0.6 is 12.4 Å². The fourth-order valence-electron chi connectivity index (χ4n) is 2.23. The van der Waals surface area contributed by atoms with Crippen molar-refractivity contribution in [3.63, 3.8) is 0 Å². The summed E-state index contributed by atoms with van der Waals surface area (Å²) in [6, 6.07) is 0. The summed E-state index contributed by atoms with van der Waals surface area (Å²) in [4.78, 5) is 24.1. The van der Waals surface area contributed by atoms with E-state index in [1.54, 1.807) is 33.2 Å². The molecule has 130 valence electrons. The van der Waals surface area contributed by atoms with Crippen LogP contribution in [0, 0.1) is 11.8 Å². The Kier molecular flexibility index (Phi) is 6.58. The molecule has 1 fully saturated rings. The minimum Gasteiger partial charge on any atom is -0.464 e. The molecule has 0 spiro atoms. The molecule has 7 nitrogen and oxygen atoms in total. The van der Waals surface area contributed by atoms with Crippen molar-refractivity contribution in [1.29, 1.82) is 0 Å². The summed E-state index contributed by atoms with van der Waals surface area (Å²) >= 11 is 0. The number of ether oxygens (including phenoxy) is 1. The maximum Gasteiger partial charge on any atom is 0.333 e. The van der Waals surface area contributed by atoms with E-state index in [2.05, 4.69) is 15.7 Å². The number of carbonyl (C=O) groups is 2. The maximum absolute atomic E-state index is 12.2. The molecule has 1 aromatic rings. The maximum atomic E-state index is 12.2. The fraction of sp³-hybridized carbons (Fsp3) is 0.667. The Morgan fingerprint density at radius 2 is 2.17 bits per heavy atom. The first-order valence-corrected chi connectivity index (χ1v) is 7.60. The van der Waals surface area contributed by atoms with Gasteiger partial charge in [-0.15, -0.1) is 12.4 Å². The van der Waals surface area contributed by atoms with E-state index < -0.39 is 5.54 Å². The van der Waals surface area contributed by atoms with Gasteiger partial charge in [0.05, 0.1) is 18.5 Å². The van der Waals surface area contributed by atoms with Gasteiger partial charge in [-0.1, -0.05) is 6.92 Å². The highest BCUT2D eigenvalue weighted by atomic mass is 35.5. The number of hydrogen-bond donors (Lipinski definition) is 2. The molecule has 0 saturated carbocycles. The van der Waals surface area contributed by atoms with E-state index in [9.17, 15) is 9.59 Å². The Hall–Kier alpha value is -1.60. The molecule has 0 radical (unpaired) electrons. The Morgan fingerprint density at radius 1 is 1.52 bits per heavy atom. The number of rotatable bonds is 6. The van der Waals surface area contributed by atoms with E-state index >= 15 is 0 Å². The highest BCUT2D eigenvalue weighted by Crippen LogP contribution is 2.21. The summed E-state index contributed by atoms with van der Waals surface area (Å²) in [6.45, 7) is 9.22. The van der Waals surface area contributed by atoms with Crippen LogP contribution in [-0.2, 0) is 19.9 Å². The molecule has 8 heteroatoms. The Morgan fingerprint density at radius 3 is 2.70 bits per heavy atom. The molecule has 23 heavy (non-hydrogen) atoms. The number of esters is 1. The van der Waals surface area contributed by atoms with Gasteiger partial charge >= 0.3 is 5.97 Å². The molecule has 0 aromatic carbocycles. The molecule has 1 atom stereocenters. The van der Waals surface area contributed by atoms with Crippen LogP contribution in [0.3, 0.4) is 0 Å². The second-order valence-electron chi connectivity index (χ2n) is 6.15. The lowest BCUT2D eigenvalue weighted by molar-refractivity contribution is -0.152. The Balaban J connectivity index is 0.00000264. The molecule has 1 aliphatic rings. The van der Waals surface area contributed by atoms with Gasteiger partial charge in [-0.05, 0) is 39.8 Å². The number of anilines is 1. The fourth-order valence-corrected chi connectivity index (χ4v) is 2.23. The highest BCUT2D eigenvalue weighted by Gasteiger charge is 2.33. The number of hydrogen-bond acceptors (Lipinski definition) is 5. The molecule has 0 bridgehead atoms. The van der Waals surface area contributed by atoms with E-state index in [1.165, 1.54) is 4.68 Å². The first-order chi connectivity index (χ1) is 10.4. The Labute approximate surface area is 142 Å². The molecule has 2 heterocycles. The first kappa shape index (κ1) is 19.4. The van der Waals surface area contributed by atoms with Crippen LogP contribution in [0.25, 0.3) is 0 Å². The number of amides is 1. The zero-order valence-corrected chi connectivity index (χ0v) is 14.8. The monoisotopic (exact) mass is 344 g/mol. The highest BCUT2D eigenvalue weighted by molar-refractivity contribution is 5.92. The largest absolute Gasteiger partial charge is 0.464 e. The summed E-state index contributed by atoms with van der Waals surface area (Å²) < 4.78 is 6.56. The third kappa shape index (κ3) is 4.23. The van der Waals surface area contributed by atoms with Crippen molar-refractivity contribution >= 4 is 30.0 Å². The van der Waals surface area contributed by atoms with Gasteiger partial charge in [-0.25, -0.2) is 4.79 Å². The van der Waals surface area contributed by atoms with Crippen LogP contribution < -0.4 is 10.6 Å². The topological polar surface area (TPSA) is 85.2 Å². The second-order valence-corrected chi connectivity index (χ2v) is 6.15. The van der Waals surface area contributed by atoms with Gasteiger partial charge in [0.2, 0.25) is 5.91 Å². The number of aromatic nitrogens is 2. The molecule has 1 unspecified atom stereocenters. The van der Waals surface area contributed by atoms with Gasteiger partial charge < -0.3 is 15.4 Å². The van der Waals surface area contributed by atoms with E-state index in [1.807, 2.05) is 6.92 Å². The smallest absolute Gasteiger partial charge is 0.333 e. The van der Waals surface area contributed by atoms with Crippen LogP contribution in [0.5, 0.6) is 0 Å². The summed E-state index contributed by atoms with van der Waals surface area (Å²) in [5, 5.41) is 10.2. The van der Waals surface area contributed by atoms with Crippen LogP contribution in [0.15, 0.2) is 12.4 Å². The van der Waals surface area contributed by atoms with Gasteiger partial charge in [0.1, 0.15) is 0 Å². The lowest BCUT2D eigenvalue weighted by atomic mass is 9.88. The number of nitrogens with one attached hydrogen (secondary N) is 2. The van der Waals surface area contributed by atoms with E-state index in [-0.39, 0.29) is 30.2 Å². The zero-order valence-electron chi connectivity index (χ0n) is 14.0. The molecule has 1 aliphatic heterocycles. The standard InChI is InChI=1S/C15H24N4O3.ClH/c1-5-22-14(21)15(3,4)19-9-12(8-17-19)18-13(20)10(2)11-6-16-7-11;/h8-11,16H,5-7H2,1-4H3,(H,18,20);1H. The van der Waals surface area contributed by atoms with Gasteiger partial charge in [0.15, 0.2) is 5.54 Å². The van der Waals surface area contributed by atoms with Gasteiger partial charge in [-0.3, -0.25) is 9.48 Å². The number of carbonyl (C=O) groups excluding carboxylic acids is 2. The zero-order chi connectivity index (χ0) is 16.3. The average molecular weight is 345 g/mol. The quantitative estimate of drug-likeness (QED) is 0.762. The van der Waals surface area contributed by atoms with Crippen LogP contribution in [0.4, 0.5) is 5.69 Å². The van der Waals surface area contributed by atoms with Gasteiger partial charge in [0, 0.05) is 12.1 Å². The molecule has 1 saturated heterocycles. The third-order valence-corrected chi connectivity index (χ3v) is 4.13. The molecule has 1 amide bonds. The van der Waals surface area contributed by atoms with E-state index in [4.69, 9.17) is 4.74 Å². The van der Waals surface area contributed by atoms with Crippen molar-refractivity contribution in [2.45, 2.75) is 33.2 Å². The lowest BCUT2D eigenvalue weighted by Gasteiger charge is -2.31. The number of nitrogens with zero attached hydrogens (tertiary/aromatic N) is 2. The van der Waals surface area contributed by atoms with Crippen molar-refractivity contribution < 1.29 is 14.3 Å². The number of halogens is 1. The Bertz CT molecular complexity index is 555. The molecule has 2 N–H and O–H groups in total. The van der Waals surface area contributed by atoms with Crippen molar-refractivity contribution in [3.05, 3.63) is 12.4 Å². The molecular formula is C15H25ClN4O3. The average Bonchev–Trinajstić information content (AvgIpc) is 2.86. The predicted molar refractivity (Wildman–Crippen MR) is 89.6 cm³/mol. The minimum absolute atomic E-state index is 0. The summed E-state index contributed by atoms with van der Waals surface area (Å²) in [5.74, 6) is -0.0569. The van der Waals surface area contributed by atoms with Crippen LogP contribution in [0.2, 0.25) is 0 Å². The SMILES string of the molecule is CCOC(=O)C(C)(C)n1cc(NC(=O)C(C)C2CNC2)cn1.Cl. The predicted octanol–water partition coefficient (Wildman–Crippen LogP) is 1.40. The normalized spacial score (nSPS) is 16.0. The lowest BCUT2D eigenvalue weighted by Crippen LogP contribution is -2.48. The molecule has 1 aromatic heterocycles. The van der Waals surface area contributed by atoms with Crippen molar-refractivity contribution in [1.82, 2.24) is 15.1 Å².